The highest BCUT2D eigenvalue weighted by Crippen LogP contribution is 2.25. The molecule has 0 unspecified atom stereocenters. The second-order valence-electron chi connectivity index (χ2n) is 2.15. The molecule has 0 aromatic carbocycles. The van der Waals surface area contributed by atoms with Gasteiger partial charge >= 0.3 is 5.69 Å². The van der Waals surface area contributed by atoms with Gasteiger partial charge in [-0.2, -0.15) is 0 Å². The average Bonchev–Trinajstić information content (AvgIpc) is 2.16. The van der Waals surface area contributed by atoms with Crippen molar-refractivity contribution in [1.82, 2.24) is 4.98 Å². The summed E-state index contributed by atoms with van der Waals surface area (Å²) in [5.41, 5.74) is 0.382. The van der Waals surface area contributed by atoms with E-state index in [9.17, 15) is 10.1 Å². The van der Waals surface area contributed by atoms with Gasteiger partial charge in [0.15, 0.2) is 5.03 Å². The van der Waals surface area contributed by atoms with Crippen LogP contribution < -0.4 is 0 Å². The predicted molar refractivity (Wildman–Crippen MR) is 50.6 cm³/mol. The molecule has 0 aliphatic carbocycles. The molecule has 0 N–H and O–H groups in total. The van der Waals surface area contributed by atoms with Gasteiger partial charge in [0.1, 0.15) is 0 Å². The maximum Gasteiger partial charge on any atom is 0.302 e. The molecule has 13 heavy (non-hydrogen) atoms. The zero-order valence-corrected chi connectivity index (χ0v) is 7.67. The number of hydrogen-bond donors (Lipinski definition) is 0. The summed E-state index contributed by atoms with van der Waals surface area (Å²) >= 11 is 1.22. The van der Waals surface area contributed by atoms with Crippen molar-refractivity contribution in [3.05, 3.63) is 27.9 Å². The summed E-state index contributed by atoms with van der Waals surface area (Å²) in [6.07, 6.45) is 8.26. The quantitative estimate of drug-likeness (QED) is 0.311. The summed E-state index contributed by atoms with van der Waals surface area (Å²) in [4.78, 5) is 13.9. The molecule has 1 aromatic heterocycles. The Morgan fingerprint density at radius 2 is 2.46 bits per heavy atom. The van der Waals surface area contributed by atoms with E-state index < -0.39 is 4.92 Å². The van der Waals surface area contributed by atoms with Crippen LogP contribution in [-0.4, -0.2) is 16.2 Å². The highest BCUT2D eigenvalue weighted by molar-refractivity contribution is 7.98. The minimum absolute atomic E-state index is 0.0389. The van der Waals surface area contributed by atoms with Crippen LogP contribution in [0.5, 0.6) is 0 Å². The minimum Gasteiger partial charge on any atom is -0.258 e. The van der Waals surface area contributed by atoms with E-state index in [1.807, 2.05) is 0 Å². The molecule has 0 fully saturated rings. The molecule has 0 atom stereocenters. The molecule has 0 aliphatic heterocycles. The Balaban J connectivity index is 3.28. The zero-order valence-electron chi connectivity index (χ0n) is 6.85. The maximum atomic E-state index is 10.5. The molecular weight excluding hydrogens is 188 g/mol. The van der Waals surface area contributed by atoms with Crippen LogP contribution in [0, 0.1) is 22.5 Å². The first-order valence-electron chi connectivity index (χ1n) is 3.34. The molecule has 66 valence electrons. The average molecular weight is 194 g/mol. The molecule has 1 aromatic rings. The molecule has 0 saturated heterocycles. The lowest BCUT2D eigenvalue weighted by Gasteiger charge is -1.97. The molecule has 0 amide bonds. The van der Waals surface area contributed by atoms with Crippen LogP contribution in [0.4, 0.5) is 5.69 Å². The van der Waals surface area contributed by atoms with Crippen LogP contribution in [-0.2, 0) is 0 Å². The van der Waals surface area contributed by atoms with Gasteiger partial charge in [-0.3, -0.25) is 10.1 Å². The number of terminal acetylenes is 1. The molecular formula is C8H6N2O2S. The van der Waals surface area contributed by atoms with Gasteiger partial charge in [-0.1, -0.05) is 5.92 Å². The van der Waals surface area contributed by atoms with Crippen LogP contribution in [0.15, 0.2) is 17.3 Å². The summed E-state index contributed by atoms with van der Waals surface area (Å²) in [6, 6.07) is 1.35. The zero-order chi connectivity index (χ0) is 9.84. The lowest BCUT2D eigenvalue weighted by molar-refractivity contribution is -0.388. The lowest BCUT2D eigenvalue weighted by Crippen LogP contribution is -1.94. The van der Waals surface area contributed by atoms with Crippen molar-refractivity contribution in [2.75, 3.05) is 6.26 Å². The fraction of sp³-hybridized carbons (Fsp3) is 0.125. The highest BCUT2D eigenvalue weighted by Gasteiger charge is 2.14. The van der Waals surface area contributed by atoms with Gasteiger partial charge in [-0.15, -0.1) is 18.2 Å². The van der Waals surface area contributed by atoms with Crippen molar-refractivity contribution >= 4 is 17.4 Å². The monoisotopic (exact) mass is 194 g/mol. The highest BCUT2D eigenvalue weighted by atomic mass is 32.2. The third kappa shape index (κ3) is 1.98. The minimum atomic E-state index is -0.486. The number of hydrogen-bond acceptors (Lipinski definition) is 4. The molecule has 0 radical (unpaired) electrons. The summed E-state index contributed by atoms with van der Waals surface area (Å²) in [6.45, 7) is 0. The Bertz CT molecular complexity index is 384. The molecule has 1 heterocycles. The fourth-order valence-corrected chi connectivity index (χ4v) is 1.31. The molecule has 5 heteroatoms. The van der Waals surface area contributed by atoms with Gasteiger partial charge < -0.3 is 0 Å². The van der Waals surface area contributed by atoms with Crippen molar-refractivity contribution in [2.45, 2.75) is 5.03 Å². The normalized spacial score (nSPS) is 9.23. The standard InChI is InChI=1S/C8H6N2O2S/c1-3-6-4-7(10(11)12)8(13-2)9-5-6/h1,4-5H,2H3. The number of thioether (sulfide) groups is 1. The molecule has 0 aliphatic rings. The van der Waals surface area contributed by atoms with E-state index in [2.05, 4.69) is 10.9 Å². The third-order valence-electron chi connectivity index (χ3n) is 1.39. The van der Waals surface area contributed by atoms with Crippen molar-refractivity contribution < 1.29 is 4.92 Å². The summed E-state index contributed by atoms with van der Waals surface area (Å²) in [7, 11) is 0. The first-order chi connectivity index (χ1) is 6.19. The third-order valence-corrected chi connectivity index (χ3v) is 2.09. The van der Waals surface area contributed by atoms with Gasteiger partial charge in [-0.25, -0.2) is 4.98 Å². The number of nitro groups is 1. The number of nitrogens with zero attached hydrogens (tertiary/aromatic N) is 2. The van der Waals surface area contributed by atoms with Crippen LogP contribution in [0.3, 0.4) is 0 Å². The Morgan fingerprint density at radius 3 is 2.92 bits per heavy atom. The van der Waals surface area contributed by atoms with E-state index in [0.29, 0.717) is 10.6 Å². The first kappa shape index (κ1) is 9.55. The topological polar surface area (TPSA) is 56.0 Å². The van der Waals surface area contributed by atoms with E-state index >= 15 is 0 Å². The molecule has 0 saturated carbocycles. The van der Waals surface area contributed by atoms with Gasteiger partial charge in [0.05, 0.1) is 4.92 Å². The fourth-order valence-electron chi connectivity index (χ4n) is 0.808. The second-order valence-corrected chi connectivity index (χ2v) is 2.95. The summed E-state index contributed by atoms with van der Waals surface area (Å²) in [5, 5.41) is 10.9. The Morgan fingerprint density at radius 1 is 1.77 bits per heavy atom. The van der Waals surface area contributed by atoms with Gasteiger partial charge in [0.25, 0.3) is 0 Å². The van der Waals surface area contributed by atoms with E-state index in [-0.39, 0.29) is 5.69 Å². The van der Waals surface area contributed by atoms with Crippen molar-refractivity contribution in [3.63, 3.8) is 0 Å². The van der Waals surface area contributed by atoms with Crippen LogP contribution in [0.2, 0.25) is 0 Å². The lowest BCUT2D eigenvalue weighted by atomic mass is 10.3. The largest absolute Gasteiger partial charge is 0.302 e. The molecule has 1 rings (SSSR count). The van der Waals surface area contributed by atoms with Crippen LogP contribution in [0.25, 0.3) is 0 Å². The second kappa shape index (κ2) is 3.92. The van der Waals surface area contributed by atoms with E-state index in [1.165, 1.54) is 24.0 Å². The number of rotatable bonds is 2. The maximum absolute atomic E-state index is 10.5. The van der Waals surface area contributed by atoms with Crippen molar-refractivity contribution in [3.8, 4) is 12.3 Å². The van der Waals surface area contributed by atoms with Crippen LogP contribution in [0.1, 0.15) is 5.56 Å². The number of pyridine rings is 1. The Kier molecular flexibility index (Phi) is 2.88. The molecule has 4 nitrogen and oxygen atoms in total. The van der Waals surface area contributed by atoms with Gasteiger partial charge in [-0.05, 0) is 6.26 Å². The number of aromatic nitrogens is 1. The Hall–Kier alpha value is -1.54. The Labute approximate surface area is 79.5 Å². The van der Waals surface area contributed by atoms with Gasteiger partial charge in [0, 0.05) is 17.8 Å². The van der Waals surface area contributed by atoms with E-state index in [1.54, 1.807) is 6.26 Å². The van der Waals surface area contributed by atoms with E-state index in [0.717, 1.165) is 0 Å². The predicted octanol–water partition coefficient (Wildman–Crippen LogP) is 1.69. The smallest absolute Gasteiger partial charge is 0.258 e. The van der Waals surface area contributed by atoms with Crippen molar-refractivity contribution in [2.24, 2.45) is 0 Å². The molecule has 0 spiro atoms. The SMILES string of the molecule is C#Cc1cnc(SC)c([N+](=O)[O-])c1. The van der Waals surface area contributed by atoms with Gasteiger partial charge in [0.2, 0.25) is 0 Å². The first-order valence-corrected chi connectivity index (χ1v) is 4.56. The summed E-state index contributed by atoms with van der Waals surface area (Å²) in [5.74, 6) is 2.30. The van der Waals surface area contributed by atoms with E-state index in [4.69, 9.17) is 6.42 Å². The van der Waals surface area contributed by atoms with Crippen molar-refractivity contribution in [1.29, 1.82) is 0 Å². The molecule has 0 bridgehead atoms. The van der Waals surface area contributed by atoms with Crippen LogP contribution >= 0.6 is 11.8 Å². The summed E-state index contributed by atoms with van der Waals surface area (Å²) < 4.78 is 0.